The summed E-state index contributed by atoms with van der Waals surface area (Å²) >= 11 is 0. The van der Waals surface area contributed by atoms with Crippen molar-refractivity contribution >= 4 is 23.8 Å². The first-order valence-corrected chi connectivity index (χ1v) is 12.2. The van der Waals surface area contributed by atoms with Gasteiger partial charge in [0.1, 0.15) is 12.2 Å². The third kappa shape index (κ3) is 6.70. The van der Waals surface area contributed by atoms with Crippen LogP contribution < -0.4 is 14.2 Å². The molecule has 8 nitrogen and oxygen atoms in total. The molecule has 1 aromatic rings. The molecule has 37 heavy (non-hydrogen) atoms. The van der Waals surface area contributed by atoms with E-state index in [1.165, 1.54) is 27.4 Å². The molecule has 0 aromatic heterocycles. The number of esters is 2. The lowest BCUT2D eigenvalue weighted by Crippen LogP contribution is -2.29. The minimum Gasteiger partial charge on any atom is -0.493 e. The van der Waals surface area contributed by atoms with E-state index in [2.05, 4.69) is 6.58 Å². The molecule has 1 aliphatic carbocycles. The maximum atomic E-state index is 12.9. The minimum absolute atomic E-state index is 0.108. The van der Waals surface area contributed by atoms with Crippen LogP contribution in [0.4, 0.5) is 0 Å². The Morgan fingerprint density at radius 3 is 2.38 bits per heavy atom. The second-order valence-corrected chi connectivity index (χ2v) is 8.99. The van der Waals surface area contributed by atoms with Gasteiger partial charge in [0.05, 0.1) is 21.3 Å². The van der Waals surface area contributed by atoms with Crippen molar-refractivity contribution in [1.82, 2.24) is 0 Å². The summed E-state index contributed by atoms with van der Waals surface area (Å²) in [6.45, 7) is 7.67. The van der Waals surface area contributed by atoms with Crippen LogP contribution in [0.1, 0.15) is 45.1 Å². The Kier molecular flexibility index (Phi) is 9.33. The highest BCUT2D eigenvalue weighted by Gasteiger charge is 2.33. The molecule has 8 heteroatoms. The van der Waals surface area contributed by atoms with Crippen LogP contribution in [0.3, 0.4) is 0 Å². The smallest absolute Gasteiger partial charge is 0.334 e. The number of hydrogen-bond donors (Lipinski definition) is 0. The van der Waals surface area contributed by atoms with E-state index in [4.69, 9.17) is 23.7 Å². The summed E-state index contributed by atoms with van der Waals surface area (Å²) in [7, 11) is 4.54. The van der Waals surface area contributed by atoms with Gasteiger partial charge in [0, 0.05) is 30.4 Å². The van der Waals surface area contributed by atoms with Crippen molar-refractivity contribution in [3.63, 3.8) is 0 Å². The number of ketones is 1. The Morgan fingerprint density at radius 1 is 1.11 bits per heavy atom. The van der Waals surface area contributed by atoms with E-state index in [0.717, 1.165) is 5.57 Å². The van der Waals surface area contributed by atoms with Crippen molar-refractivity contribution < 1.29 is 38.1 Å². The first kappa shape index (κ1) is 27.8. The summed E-state index contributed by atoms with van der Waals surface area (Å²) in [5.41, 5.74) is 2.48. The molecule has 0 saturated carbocycles. The van der Waals surface area contributed by atoms with Gasteiger partial charge in [-0.3, -0.25) is 4.79 Å². The molecule has 2 aliphatic rings. The van der Waals surface area contributed by atoms with Gasteiger partial charge in [-0.1, -0.05) is 19.1 Å². The molecule has 0 unspecified atom stereocenters. The maximum Gasteiger partial charge on any atom is 0.334 e. The number of carbonyl (C=O) groups excluding carboxylic acids is 3. The fourth-order valence-electron chi connectivity index (χ4n) is 4.54. The summed E-state index contributed by atoms with van der Waals surface area (Å²) in [6.07, 6.45) is 7.07. The average Bonchev–Trinajstić information content (AvgIpc) is 3.23. The second kappa shape index (κ2) is 12.4. The zero-order valence-corrected chi connectivity index (χ0v) is 22.0. The van der Waals surface area contributed by atoms with Gasteiger partial charge in [-0.15, -0.1) is 0 Å². The molecule has 2 bridgehead atoms. The van der Waals surface area contributed by atoms with E-state index in [9.17, 15) is 14.4 Å². The van der Waals surface area contributed by atoms with Gasteiger partial charge in [-0.05, 0) is 61.3 Å². The van der Waals surface area contributed by atoms with Crippen LogP contribution in [0.15, 0.2) is 53.7 Å². The van der Waals surface area contributed by atoms with Crippen molar-refractivity contribution in [3.8, 4) is 17.2 Å². The van der Waals surface area contributed by atoms with Crippen molar-refractivity contribution in [3.05, 3.63) is 59.2 Å². The van der Waals surface area contributed by atoms with Crippen molar-refractivity contribution in [2.75, 3.05) is 21.3 Å². The number of Topliss-reactive ketones (excluding diaryl/α,β-unsaturated/α-hetero) is 1. The lowest BCUT2D eigenvalue weighted by molar-refractivity contribution is -0.143. The Morgan fingerprint density at radius 2 is 1.78 bits per heavy atom. The Balaban J connectivity index is 1.87. The summed E-state index contributed by atoms with van der Waals surface area (Å²) < 4.78 is 27.4. The third-order valence-electron chi connectivity index (χ3n) is 6.48. The predicted octanol–water partition coefficient (Wildman–Crippen LogP) is 4.77. The summed E-state index contributed by atoms with van der Waals surface area (Å²) in [4.78, 5) is 37.8. The number of rotatable bonds is 9. The normalized spacial score (nSPS) is 21.4. The van der Waals surface area contributed by atoms with Gasteiger partial charge in [0.15, 0.2) is 17.3 Å². The minimum atomic E-state index is -0.728. The van der Waals surface area contributed by atoms with Crippen LogP contribution in [0, 0.1) is 5.92 Å². The zero-order chi connectivity index (χ0) is 27.1. The van der Waals surface area contributed by atoms with Crippen LogP contribution in [0.5, 0.6) is 17.2 Å². The molecule has 0 spiro atoms. The lowest BCUT2D eigenvalue weighted by Gasteiger charge is -2.27. The Bertz CT molecular complexity index is 1130. The van der Waals surface area contributed by atoms with Gasteiger partial charge in [0.2, 0.25) is 5.75 Å². The van der Waals surface area contributed by atoms with E-state index in [-0.39, 0.29) is 24.3 Å². The molecule has 3 atom stereocenters. The Hall–Kier alpha value is -3.81. The number of hydrogen-bond acceptors (Lipinski definition) is 8. The summed E-state index contributed by atoms with van der Waals surface area (Å²) in [6, 6.07) is 3.42. The van der Waals surface area contributed by atoms with Crippen LogP contribution >= 0.6 is 0 Å². The SMILES string of the molecule is C=C(C(=O)CC)[C@@H]1CCC2=C[C@@H](CC(C)=C[C@H]1OC(=O)/C=C/c1cc(OC)c(OC)c(OC)c1)OC2=O. The van der Waals surface area contributed by atoms with E-state index in [0.29, 0.717) is 53.2 Å². The first-order valence-electron chi connectivity index (χ1n) is 12.2. The zero-order valence-electron chi connectivity index (χ0n) is 22.0. The van der Waals surface area contributed by atoms with Gasteiger partial charge in [-0.25, -0.2) is 9.59 Å². The predicted molar refractivity (Wildman–Crippen MR) is 139 cm³/mol. The largest absolute Gasteiger partial charge is 0.493 e. The maximum absolute atomic E-state index is 12.9. The van der Waals surface area contributed by atoms with Crippen LogP contribution in [0.25, 0.3) is 6.08 Å². The molecule has 0 radical (unpaired) electrons. The van der Waals surface area contributed by atoms with Crippen LogP contribution in [-0.4, -0.2) is 51.3 Å². The molecular formula is C29H34O8. The highest BCUT2D eigenvalue weighted by Crippen LogP contribution is 2.38. The first-order chi connectivity index (χ1) is 17.7. The molecule has 0 saturated heterocycles. The summed E-state index contributed by atoms with van der Waals surface area (Å²) in [5.74, 6) is -0.161. The highest BCUT2D eigenvalue weighted by molar-refractivity contribution is 5.95. The second-order valence-electron chi connectivity index (χ2n) is 8.99. The van der Waals surface area contributed by atoms with Crippen molar-refractivity contribution in [1.29, 1.82) is 0 Å². The number of methoxy groups -OCH3 is 3. The molecular weight excluding hydrogens is 476 g/mol. The quantitative estimate of drug-likeness (QED) is 0.266. The molecule has 1 aromatic carbocycles. The standard InChI is InChI=1S/C29H34O8/c1-7-23(30)18(3)22-10-9-20-16-21(36-29(20)32)12-17(2)13-24(22)37-27(31)11-8-19-14-25(33-4)28(35-6)26(15-19)34-5/h8,11,13-16,21-22,24H,3,7,9-10,12H2,1-2,4-6H3/b11-8+,17-13?/t21-,22+,24-/m1/s1. The fourth-order valence-corrected chi connectivity index (χ4v) is 4.54. The number of carbonyl (C=O) groups is 3. The van der Waals surface area contributed by atoms with Crippen LogP contribution in [0.2, 0.25) is 0 Å². The topological polar surface area (TPSA) is 97.4 Å². The Labute approximate surface area is 217 Å². The van der Waals surface area contributed by atoms with E-state index >= 15 is 0 Å². The lowest BCUT2D eigenvalue weighted by atomic mass is 9.83. The fraction of sp³-hybridized carbons (Fsp3) is 0.414. The highest BCUT2D eigenvalue weighted by atomic mass is 16.6. The van der Waals surface area contributed by atoms with Gasteiger partial charge >= 0.3 is 11.9 Å². The van der Waals surface area contributed by atoms with E-state index < -0.39 is 18.0 Å². The van der Waals surface area contributed by atoms with E-state index in [1.54, 1.807) is 25.1 Å². The van der Waals surface area contributed by atoms with Gasteiger partial charge in [-0.2, -0.15) is 0 Å². The van der Waals surface area contributed by atoms with E-state index in [1.807, 2.05) is 19.1 Å². The number of ether oxygens (including phenoxy) is 5. The van der Waals surface area contributed by atoms with Crippen molar-refractivity contribution in [2.24, 2.45) is 5.92 Å². The summed E-state index contributed by atoms with van der Waals surface area (Å²) in [5, 5.41) is 0. The number of fused-ring (bicyclic) bond motifs is 1. The van der Waals surface area contributed by atoms with Gasteiger partial charge in [0.25, 0.3) is 0 Å². The molecule has 3 rings (SSSR count). The van der Waals surface area contributed by atoms with Crippen LogP contribution in [-0.2, 0) is 23.9 Å². The molecule has 0 N–H and O–H groups in total. The molecule has 198 valence electrons. The average molecular weight is 511 g/mol. The number of benzene rings is 1. The van der Waals surface area contributed by atoms with Gasteiger partial charge < -0.3 is 23.7 Å². The molecule has 0 fully saturated rings. The van der Waals surface area contributed by atoms with Crippen molar-refractivity contribution in [2.45, 2.75) is 51.7 Å². The molecule has 1 heterocycles. The molecule has 1 aliphatic heterocycles. The third-order valence-corrected chi connectivity index (χ3v) is 6.48. The monoisotopic (exact) mass is 510 g/mol. The molecule has 0 amide bonds.